The molecule has 0 aliphatic rings. The minimum atomic E-state index is -0.216. The number of rotatable bonds is 5. The summed E-state index contributed by atoms with van der Waals surface area (Å²) < 4.78 is 1.45. The van der Waals surface area contributed by atoms with E-state index in [2.05, 4.69) is 10.3 Å². The molecule has 0 unspecified atom stereocenters. The van der Waals surface area contributed by atoms with E-state index in [0.717, 1.165) is 0 Å². The Balaban J connectivity index is 1.64. The van der Waals surface area contributed by atoms with Gasteiger partial charge >= 0.3 is 0 Å². The number of carbonyl (C=O) groups excluding carboxylic acids is 2. The molecule has 0 atom stereocenters. The number of nitrogens with zero attached hydrogens (tertiary/aromatic N) is 3. The van der Waals surface area contributed by atoms with Crippen LogP contribution in [0.5, 0.6) is 0 Å². The molecule has 0 aliphatic carbocycles. The number of nitrogens with one attached hydrogen (secondary N) is 1. The van der Waals surface area contributed by atoms with Gasteiger partial charge in [0.05, 0.1) is 11.1 Å². The maximum absolute atomic E-state index is 12.3. The Hall–Kier alpha value is -2.65. The zero-order valence-electron chi connectivity index (χ0n) is 15.1. The molecule has 9 heteroatoms. The van der Waals surface area contributed by atoms with E-state index in [0.29, 0.717) is 26.6 Å². The van der Waals surface area contributed by atoms with Gasteiger partial charge in [0, 0.05) is 32.4 Å². The Bertz CT molecular complexity index is 1050. The number of thioether (sulfide) groups is 1. The second kappa shape index (κ2) is 7.93. The SMILES string of the molecule is CN(C)C(=O)c1ccc(NC(=O)CSc2nc3sccc3c(=O)n2C)cc1. The smallest absolute Gasteiger partial charge is 0.262 e. The highest BCUT2D eigenvalue weighted by Crippen LogP contribution is 2.20. The summed E-state index contributed by atoms with van der Waals surface area (Å²) in [7, 11) is 5.02. The Kier molecular flexibility index (Phi) is 5.62. The third-order valence-corrected chi connectivity index (χ3v) is 5.65. The van der Waals surface area contributed by atoms with Crippen LogP contribution in [0.2, 0.25) is 0 Å². The molecule has 0 radical (unpaired) electrons. The van der Waals surface area contributed by atoms with Crippen molar-refractivity contribution in [1.82, 2.24) is 14.5 Å². The molecule has 0 aliphatic heterocycles. The average molecular weight is 403 g/mol. The first-order chi connectivity index (χ1) is 12.9. The third-order valence-electron chi connectivity index (χ3n) is 3.82. The minimum Gasteiger partial charge on any atom is -0.345 e. The quantitative estimate of drug-likeness (QED) is 0.523. The standard InChI is InChI=1S/C18H18N4O3S2/c1-21(2)16(24)11-4-6-12(7-5-11)19-14(23)10-27-18-20-15-13(8-9-26-15)17(25)22(18)3/h4-9H,10H2,1-3H3,(H,19,23). The molecule has 0 saturated carbocycles. The number of thiophene rings is 1. The lowest BCUT2D eigenvalue weighted by molar-refractivity contribution is -0.113. The third kappa shape index (κ3) is 4.20. The van der Waals surface area contributed by atoms with Crippen LogP contribution in [0.3, 0.4) is 0 Å². The van der Waals surface area contributed by atoms with Gasteiger partial charge in [-0.25, -0.2) is 4.98 Å². The molecular weight excluding hydrogens is 384 g/mol. The minimum absolute atomic E-state index is 0.0978. The van der Waals surface area contributed by atoms with Crippen molar-refractivity contribution in [2.24, 2.45) is 7.05 Å². The number of aromatic nitrogens is 2. The van der Waals surface area contributed by atoms with Gasteiger partial charge in [0.15, 0.2) is 5.16 Å². The summed E-state index contributed by atoms with van der Waals surface area (Å²) in [6.45, 7) is 0. The Morgan fingerprint density at radius 3 is 2.59 bits per heavy atom. The van der Waals surface area contributed by atoms with E-state index < -0.39 is 0 Å². The highest BCUT2D eigenvalue weighted by atomic mass is 32.2. The van der Waals surface area contributed by atoms with Crippen molar-refractivity contribution in [3.05, 3.63) is 51.6 Å². The molecule has 3 aromatic rings. The van der Waals surface area contributed by atoms with Crippen LogP contribution in [0.25, 0.3) is 10.2 Å². The van der Waals surface area contributed by atoms with Crippen LogP contribution in [0.1, 0.15) is 10.4 Å². The molecule has 1 N–H and O–H groups in total. The fourth-order valence-corrected chi connectivity index (χ4v) is 3.97. The van der Waals surface area contributed by atoms with E-state index in [1.807, 2.05) is 5.38 Å². The Morgan fingerprint density at radius 2 is 1.93 bits per heavy atom. The van der Waals surface area contributed by atoms with Gasteiger partial charge in [-0.3, -0.25) is 19.0 Å². The van der Waals surface area contributed by atoms with Gasteiger partial charge in [0.1, 0.15) is 4.83 Å². The van der Waals surface area contributed by atoms with E-state index in [9.17, 15) is 14.4 Å². The van der Waals surface area contributed by atoms with E-state index in [4.69, 9.17) is 0 Å². The number of benzene rings is 1. The molecule has 27 heavy (non-hydrogen) atoms. The summed E-state index contributed by atoms with van der Waals surface area (Å²) in [5, 5.41) is 5.68. The van der Waals surface area contributed by atoms with Crippen LogP contribution in [0.15, 0.2) is 45.7 Å². The van der Waals surface area contributed by atoms with Crippen molar-refractivity contribution in [3.63, 3.8) is 0 Å². The zero-order valence-corrected chi connectivity index (χ0v) is 16.7. The summed E-state index contributed by atoms with van der Waals surface area (Å²) in [6, 6.07) is 8.46. The topological polar surface area (TPSA) is 84.3 Å². The average Bonchev–Trinajstić information content (AvgIpc) is 3.12. The fourth-order valence-electron chi connectivity index (χ4n) is 2.39. The van der Waals surface area contributed by atoms with E-state index >= 15 is 0 Å². The summed E-state index contributed by atoms with van der Waals surface area (Å²) in [5.74, 6) is -0.193. The highest BCUT2D eigenvalue weighted by molar-refractivity contribution is 7.99. The lowest BCUT2D eigenvalue weighted by atomic mass is 10.2. The van der Waals surface area contributed by atoms with Crippen LogP contribution in [0, 0.1) is 0 Å². The van der Waals surface area contributed by atoms with Gasteiger partial charge in [0.2, 0.25) is 5.91 Å². The number of fused-ring (bicyclic) bond motifs is 1. The van der Waals surface area contributed by atoms with Crippen LogP contribution < -0.4 is 10.9 Å². The van der Waals surface area contributed by atoms with E-state index in [1.54, 1.807) is 51.5 Å². The normalized spacial score (nSPS) is 10.8. The van der Waals surface area contributed by atoms with Crippen LogP contribution >= 0.6 is 23.1 Å². The molecule has 3 rings (SSSR count). The Labute approximate surface area is 164 Å². The lowest BCUT2D eigenvalue weighted by Gasteiger charge is -2.11. The van der Waals surface area contributed by atoms with Crippen LogP contribution in [0.4, 0.5) is 5.69 Å². The number of carbonyl (C=O) groups is 2. The summed E-state index contributed by atoms with van der Waals surface area (Å²) in [6.07, 6.45) is 0. The van der Waals surface area contributed by atoms with Crippen LogP contribution in [-0.4, -0.2) is 46.1 Å². The molecule has 0 fully saturated rings. The molecule has 2 aromatic heterocycles. The van der Waals surface area contributed by atoms with Gasteiger partial charge in [0.25, 0.3) is 11.5 Å². The maximum Gasteiger partial charge on any atom is 0.262 e. The molecule has 1 aromatic carbocycles. The first kappa shape index (κ1) is 19.1. The van der Waals surface area contributed by atoms with Crippen LogP contribution in [-0.2, 0) is 11.8 Å². The Morgan fingerprint density at radius 1 is 1.22 bits per heavy atom. The van der Waals surface area contributed by atoms with Gasteiger partial charge in [-0.15, -0.1) is 11.3 Å². The summed E-state index contributed by atoms with van der Waals surface area (Å²) in [5.41, 5.74) is 1.03. The van der Waals surface area contributed by atoms with Gasteiger partial charge in [-0.05, 0) is 35.7 Å². The molecular formula is C18H18N4O3S2. The lowest BCUT2D eigenvalue weighted by Crippen LogP contribution is -2.22. The fraction of sp³-hybridized carbons (Fsp3) is 0.222. The monoisotopic (exact) mass is 402 g/mol. The van der Waals surface area contributed by atoms with Crippen molar-refractivity contribution < 1.29 is 9.59 Å². The number of hydrogen-bond donors (Lipinski definition) is 1. The molecule has 0 saturated heterocycles. The molecule has 2 heterocycles. The van der Waals surface area contributed by atoms with Gasteiger partial charge in [-0.1, -0.05) is 11.8 Å². The maximum atomic E-state index is 12.3. The predicted molar refractivity (Wildman–Crippen MR) is 109 cm³/mol. The van der Waals surface area contributed by atoms with Crippen molar-refractivity contribution in [3.8, 4) is 0 Å². The number of amides is 2. The molecule has 0 spiro atoms. The molecule has 2 amide bonds. The van der Waals surface area contributed by atoms with E-state index in [1.165, 1.54) is 32.6 Å². The second-order valence-electron chi connectivity index (χ2n) is 6.01. The van der Waals surface area contributed by atoms with Crippen molar-refractivity contribution >= 4 is 50.8 Å². The summed E-state index contributed by atoms with van der Waals surface area (Å²) >= 11 is 2.60. The largest absolute Gasteiger partial charge is 0.345 e. The van der Waals surface area contributed by atoms with Crippen molar-refractivity contribution in [1.29, 1.82) is 0 Å². The van der Waals surface area contributed by atoms with Gasteiger partial charge < -0.3 is 10.2 Å². The first-order valence-corrected chi connectivity index (χ1v) is 9.92. The van der Waals surface area contributed by atoms with Gasteiger partial charge in [-0.2, -0.15) is 0 Å². The predicted octanol–water partition coefficient (Wildman–Crippen LogP) is 2.43. The van der Waals surface area contributed by atoms with E-state index in [-0.39, 0.29) is 23.1 Å². The van der Waals surface area contributed by atoms with Crippen molar-refractivity contribution in [2.75, 3.05) is 25.2 Å². The molecule has 140 valence electrons. The highest BCUT2D eigenvalue weighted by Gasteiger charge is 2.12. The molecule has 0 bridgehead atoms. The number of hydrogen-bond acceptors (Lipinski definition) is 6. The summed E-state index contributed by atoms with van der Waals surface area (Å²) in [4.78, 5) is 42.9. The first-order valence-electron chi connectivity index (χ1n) is 8.05. The zero-order chi connectivity index (χ0) is 19.6. The molecule has 7 nitrogen and oxygen atoms in total. The van der Waals surface area contributed by atoms with Crippen molar-refractivity contribution in [2.45, 2.75) is 5.16 Å². The second-order valence-corrected chi connectivity index (χ2v) is 7.85. The number of anilines is 1.